The third-order valence-corrected chi connectivity index (χ3v) is 2.82. The van der Waals surface area contributed by atoms with E-state index in [0.29, 0.717) is 12.0 Å². The lowest BCUT2D eigenvalue weighted by Gasteiger charge is -2.39. The van der Waals surface area contributed by atoms with Gasteiger partial charge in [0, 0.05) is 19.1 Å². The lowest BCUT2D eigenvalue weighted by molar-refractivity contribution is -0.0561. The van der Waals surface area contributed by atoms with Gasteiger partial charge in [-0.05, 0) is 18.8 Å². The van der Waals surface area contributed by atoms with Crippen LogP contribution in [-0.2, 0) is 0 Å². The number of hydrogen-bond acceptors (Lipinski definition) is 2. The number of nitrogens with zero attached hydrogens (tertiary/aromatic N) is 1. The Kier molecular flexibility index (Phi) is 2.75. The number of likely N-dealkylation sites (tertiary alicyclic amines) is 1. The standard InChI is InChI=1S/C10H18F2N2/c1-8-4-14(5-8)7-10(11,12)6-13-9-2-3-9/h8-9,13H,2-7H2,1H3. The molecule has 2 nitrogen and oxygen atoms in total. The molecule has 2 fully saturated rings. The highest BCUT2D eigenvalue weighted by Gasteiger charge is 2.37. The summed E-state index contributed by atoms with van der Waals surface area (Å²) in [6, 6.07) is 0.371. The van der Waals surface area contributed by atoms with Gasteiger partial charge in [0.15, 0.2) is 0 Å². The van der Waals surface area contributed by atoms with Crippen LogP contribution < -0.4 is 5.32 Å². The number of alkyl halides is 2. The van der Waals surface area contributed by atoms with Crippen LogP contribution in [0.2, 0.25) is 0 Å². The molecule has 2 aliphatic rings. The minimum absolute atomic E-state index is 0.0724. The molecule has 0 spiro atoms. The van der Waals surface area contributed by atoms with Crippen molar-refractivity contribution in [3.05, 3.63) is 0 Å². The van der Waals surface area contributed by atoms with Crippen LogP contribution in [0.15, 0.2) is 0 Å². The summed E-state index contributed by atoms with van der Waals surface area (Å²) in [5.41, 5.74) is 0. The van der Waals surface area contributed by atoms with Crippen LogP contribution in [0.5, 0.6) is 0 Å². The second kappa shape index (κ2) is 3.74. The van der Waals surface area contributed by atoms with Crippen molar-refractivity contribution in [3.63, 3.8) is 0 Å². The molecular weight excluding hydrogens is 186 g/mol. The molecule has 0 aromatic rings. The molecule has 82 valence electrons. The fourth-order valence-electron chi connectivity index (χ4n) is 1.92. The van der Waals surface area contributed by atoms with Gasteiger partial charge in [0.1, 0.15) is 0 Å². The molecule has 1 aliphatic carbocycles. The quantitative estimate of drug-likeness (QED) is 0.726. The van der Waals surface area contributed by atoms with Gasteiger partial charge in [-0.1, -0.05) is 6.92 Å². The Morgan fingerprint density at radius 3 is 2.50 bits per heavy atom. The van der Waals surface area contributed by atoms with Crippen molar-refractivity contribution in [1.29, 1.82) is 0 Å². The molecule has 1 aliphatic heterocycles. The molecule has 0 amide bonds. The largest absolute Gasteiger partial charge is 0.308 e. The van der Waals surface area contributed by atoms with E-state index in [9.17, 15) is 8.78 Å². The van der Waals surface area contributed by atoms with Gasteiger partial charge in [0.2, 0.25) is 0 Å². The molecule has 2 rings (SSSR count). The van der Waals surface area contributed by atoms with E-state index in [4.69, 9.17) is 0 Å². The van der Waals surface area contributed by atoms with Crippen molar-refractivity contribution in [1.82, 2.24) is 10.2 Å². The molecule has 1 saturated heterocycles. The maximum atomic E-state index is 13.3. The Bertz CT molecular complexity index is 198. The molecule has 14 heavy (non-hydrogen) atoms. The van der Waals surface area contributed by atoms with Gasteiger partial charge in [-0.25, -0.2) is 8.78 Å². The molecule has 0 aromatic heterocycles. The smallest absolute Gasteiger partial charge is 0.272 e. The van der Waals surface area contributed by atoms with E-state index in [1.165, 1.54) is 0 Å². The third-order valence-electron chi connectivity index (χ3n) is 2.82. The summed E-state index contributed by atoms with van der Waals surface area (Å²) in [6.07, 6.45) is 2.13. The van der Waals surface area contributed by atoms with Gasteiger partial charge >= 0.3 is 0 Å². The molecule has 4 heteroatoms. The van der Waals surface area contributed by atoms with E-state index in [1.54, 1.807) is 0 Å². The summed E-state index contributed by atoms with van der Waals surface area (Å²) in [6.45, 7) is 3.54. The highest BCUT2D eigenvalue weighted by molar-refractivity contribution is 4.87. The lowest BCUT2D eigenvalue weighted by Crippen LogP contribution is -2.52. The van der Waals surface area contributed by atoms with Crippen molar-refractivity contribution in [2.24, 2.45) is 5.92 Å². The number of rotatable bonds is 5. The van der Waals surface area contributed by atoms with Crippen molar-refractivity contribution < 1.29 is 8.78 Å². The highest BCUT2D eigenvalue weighted by Crippen LogP contribution is 2.24. The third kappa shape index (κ3) is 2.89. The lowest BCUT2D eigenvalue weighted by atomic mass is 10.0. The Morgan fingerprint density at radius 1 is 1.36 bits per heavy atom. The van der Waals surface area contributed by atoms with Crippen LogP contribution in [0.3, 0.4) is 0 Å². The first-order valence-electron chi connectivity index (χ1n) is 5.39. The molecule has 1 N–H and O–H groups in total. The van der Waals surface area contributed by atoms with Crippen molar-refractivity contribution in [2.75, 3.05) is 26.2 Å². The predicted molar refractivity (Wildman–Crippen MR) is 51.6 cm³/mol. The van der Waals surface area contributed by atoms with Gasteiger partial charge in [-0.2, -0.15) is 0 Å². The topological polar surface area (TPSA) is 15.3 Å². The Morgan fingerprint density at radius 2 is 2.00 bits per heavy atom. The molecule has 0 bridgehead atoms. The Labute approximate surface area is 83.7 Å². The van der Waals surface area contributed by atoms with Crippen molar-refractivity contribution in [3.8, 4) is 0 Å². The number of nitrogens with one attached hydrogen (secondary N) is 1. The van der Waals surface area contributed by atoms with Crippen molar-refractivity contribution >= 4 is 0 Å². The SMILES string of the molecule is CC1CN(CC(F)(F)CNC2CC2)C1. The summed E-state index contributed by atoms with van der Waals surface area (Å²) >= 11 is 0. The average molecular weight is 204 g/mol. The summed E-state index contributed by atoms with van der Waals surface area (Å²) in [5.74, 6) is -1.95. The maximum Gasteiger partial charge on any atom is 0.272 e. The number of halogens is 2. The van der Waals surface area contributed by atoms with Crippen molar-refractivity contribution in [2.45, 2.75) is 31.7 Å². The zero-order chi connectivity index (χ0) is 10.2. The summed E-state index contributed by atoms with van der Waals surface area (Å²) < 4.78 is 26.6. The summed E-state index contributed by atoms with van der Waals surface area (Å²) in [7, 11) is 0. The van der Waals surface area contributed by atoms with Crippen LogP contribution in [0.1, 0.15) is 19.8 Å². The van der Waals surface area contributed by atoms with E-state index in [-0.39, 0.29) is 13.1 Å². The fraction of sp³-hybridized carbons (Fsp3) is 1.00. The molecule has 0 unspecified atom stereocenters. The average Bonchev–Trinajstić information content (AvgIpc) is 2.80. The van der Waals surface area contributed by atoms with Gasteiger partial charge in [0.05, 0.1) is 13.1 Å². The monoisotopic (exact) mass is 204 g/mol. The molecule has 0 aromatic carbocycles. The highest BCUT2D eigenvalue weighted by atomic mass is 19.3. The normalized spacial score (nSPS) is 25.1. The summed E-state index contributed by atoms with van der Waals surface area (Å²) in [4.78, 5) is 1.83. The minimum Gasteiger partial charge on any atom is -0.308 e. The van der Waals surface area contributed by atoms with Crippen LogP contribution in [0.25, 0.3) is 0 Å². The van der Waals surface area contributed by atoms with Gasteiger partial charge in [-0.15, -0.1) is 0 Å². The van der Waals surface area contributed by atoms with Gasteiger partial charge in [-0.3, -0.25) is 4.90 Å². The zero-order valence-electron chi connectivity index (χ0n) is 8.60. The summed E-state index contributed by atoms with van der Waals surface area (Å²) in [5, 5.41) is 2.88. The Hall–Kier alpha value is -0.220. The van der Waals surface area contributed by atoms with E-state index < -0.39 is 5.92 Å². The van der Waals surface area contributed by atoms with Gasteiger partial charge in [0.25, 0.3) is 5.92 Å². The molecule has 1 heterocycles. The van der Waals surface area contributed by atoms with E-state index >= 15 is 0 Å². The van der Waals surface area contributed by atoms with E-state index in [1.807, 2.05) is 4.90 Å². The minimum atomic E-state index is -2.55. The first-order valence-corrected chi connectivity index (χ1v) is 5.39. The first-order chi connectivity index (χ1) is 6.55. The number of hydrogen-bond donors (Lipinski definition) is 1. The fourth-order valence-corrected chi connectivity index (χ4v) is 1.92. The molecule has 0 atom stereocenters. The van der Waals surface area contributed by atoms with Crippen LogP contribution in [-0.4, -0.2) is 43.0 Å². The zero-order valence-corrected chi connectivity index (χ0v) is 8.60. The molecule has 1 saturated carbocycles. The van der Waals surface area contributed by atoms with Crippen LogP contribution in [0.4, 0.5) is 8.78 Å². The molecular formula is C10H18F2N2. The van der Waals surface area contributed by atoms with Crippen LogP contribution in [0, 0.1) is 5.92 Å². The Balaban J connectivity index is 1.65. The van der Waals surface area contributed by atoms with E-state index in [2.05, 4.69) is 12.2 Å². The second-order valence-electron chi connectivity index (χ2n) is 4.81. The van der Waals surface area contributed by atoms with Crippen LogP contribution >= 0.6 is 0 Å². The maximum absolute atomic E-state index is 13.3. The predicted octanol–water partition coefficient (Wildman–Crippen LogP) is 1.33. The second-order valence-corrected chi connectivity index (χ2v) is 4.81. The first kappa shape index (κ1) is 10.3. The molecule has 0 radical (unpaired) electrons. The van der Waals surface area contributed by atoms with Gasteiger partial charge < -0.3 is 5.32 Å². The van der Waals surface area contributed by atoms with E-state index in [0.717, 1.165) is 25.9 Å².